The number of rotatable bonds is 1. The summed E-state index contributed by atoms with van der Waals surface area (Å²) in [7, 11) is 0. The molecular formula is C15H22N2O2. The number of carbonyl (C=O) groups is 1. The van der Waals surface area contributed by atoms with Gasteiger partial charge in [-0.3, -0.25) is 5.32 Å². The zero-order valence-electron chi connectivity index (χ0n) is 12.1. The van der Waals surface area contributed by atoms with Crippen LogP contribution < -0.4 is 10.6 Å². The Bertz CT molecular complexity index is 490. The third-order valence-electron chi connectivity index (χ3n) is 3.06. The van der Waals surface area contributed by atoms with E-state index in [0.29, 0.717) is 0 Å². The van der Waals surface area contributed by atoms with Crippen LogP contribution in [0.2, 0.25) is 0 Å². The van der Waals surface area contributed by atoms with Gasteiger partial charge in [0.05, 0.1) is 0 Å². The first-order valence-electron chi connectivity index (χ1n) is 6.73. The lowest BCUT2D eigenvalue weighted by Crippen LogP contribution is -2.28. The third-order valence-corrected chi connectivity index (χ3v) is 3.06. The van der Waals surface area contributed by atoms with Crippen molar-refractivity contribution in [1.29, 1.82) is 0 Å². The Morgan fingerprint density at radius 2 is 2.11 bits per heavy atom. The summed E-state index contributed by atoms with van der Waals surface area (Å²) in [5.41, 5.74) is 3.91. The van der Waals surface area contributed by atoms with Gasteiger partial charge in [-0.2, -0.15) is 0 Å². The van der Waals surface area contributed by atoms with E-state index in [1.54, 1.807) is 0 Å². The molecule has 0 unspecified atom stereocenters. The van der Waals surface area contributed by atoms with Crippen LogP contribution in [0, 0.1) is 6.92 Å². The second-order valence-electron chi connectivity index (χ2n) is 5.94. The topological polar surface area (TPSA) is 50.4 Å². The molecule has 4 heteroatoms. The molecule has 1 heterocycles. The van der Waals surface area contributed by atoms with Gasteiger partial charge in [-0.25, -0.2) is 4.79 Å². The molecule has 0 radical (unpaired) electrons. The molecule has 0 aromatic heterocycles. The molecule has 0 saturated carbocycles. The van der Waals surface area contributed by atoms with E-state index in [1.807, 2.05) is 32.9 Å². The lowest BCUT2D eigenvalue weighted by atomic mass is 9.98. The summed E-state index contributed by atoms with van der Waals surface area (Å²) < 4.78 is 5.29. The van der Waals surface area contributed by atoms with E-state index in [-0.39, 0.29) is 0 Å². The van der Waals surface area contributed by atoms with Crippen LogP contribution in [0.5, 0.6) is 0 Å². The van der Waals surface area contributed by atoms with Crippen molar-refractivity contribution in [1.82, 2.24) is 0 Å². The molecule has 104 valence electrons. The number of fused-ring (bicyclic) bond motifs is 1. The van der Waals surface area contributed by atoms with Crippen molar-refractivity contribution in [3.8, 4) is 0 Å². The van der Waals surface area contributed by atoms with Crippen LogP contribution in [-0.2, 0) is 11.2 Å². The van der Waals surface area contributed by atoms with Crippen molar-refractivity contribution in [3.63, 3.8) is 0 Å². The van der Waals surface area contributed by atoms with Crippen LogP contribution in [0.15, 0.2) is 12.1 Å². The average Bonchev–Trinajstić information content (AvgIpc) is 2.31. The summed E-state index contributed by atoms with van der Waals surface area (Å²) in [6, 6.07) is 3.97. The van der Waals surface area contributed by atoms with Gasteiger partial charge >= 0.3 is 6.09 Å². The van der Waals surface area contributed by atoms with Crippen molar-refractivity contribution < 1.29 is 9.53 Å². The van der Waals surface area contributed by atoms with Gasteiger partial charge in [-0.05, 0) is 57.7 Å². The fourth-order valence-electron chi connectivity index (χ4n) is 2.28. The number of aryl methyl sites for hydroxylation is 1. The van der Waals surface area contributed by atoms with Crippen LogP contribution in [-0.4, -0.2) is 18.2 Å². The molecule has 0 saturated heterocycles. The molecule has 0 spiro atoms. The Hall–Kier alpha value is -1.71. The number of carbonyl (C=O) groups excluding carboxylic acids is 1. The highest BCUT2D eigenvalue weighted by atomic mass is 16.6. The summed E-state index contributed by atoms with van der Waals surface area (Å²) in [5, 5.41) is 6.25. The second-order valence-corrected chi connectivity index (χ2v) is 5.94. The van der Waals surface area contributed by atoms with Crippen LogP contribution in [0.25, 0.3) is 0 Å². The number of ether oxygens (including phenoxy) is 1. The summed E-state index contributed by atoms with van der Waals surface area (Å²) in [6.07, 6.45) is 1.67. The maximum atomic E-state index is 11.8. The normalized spacial score (nSPS) is 14.3. The Balaban J connectivity index is 2.19. The standard InChI is InChI=1S/C15H22N2O2/c1-10-7-8-12(11-6-5-9-16-13(10)11)17-14(18)19-15(2,3)4/h7-8,16H,5-6,9H2,1-4H3,(H,17,18). The highest BCUT2D eigenvalue weighted by molar-refractivity contribution is 5.88. The third kappa shape index (κ3) is 3.40. The maximum Gasteiger partial charge on any atom is 0.412 e. The van der Waals surface area contributed by atoms with Gasteiger partial charge in [-0.15, -0.1) is 0 Å². The van der Waals surface area contributed by atoms with E-state index in [9.17, 15) is 4.79 Å². The Morgan fingerprint density at radius 3 is 2.79 bits per heavy atom. The molecule has 2 rings (SSSR count). The zero-order valence-corrected chi connectivity index (χ0v) is 12.1. The number of benzene rings is 1. The van der Waals surface area contributed by atoms with E-state index in [1.165, 1.54) is 11.1 Å². The highest BCUT2D eigenvalue weighted by Crippen LogP contribution is 2.32. The molecular weight excluding hydrogens is 240 g/mol. The van der Waals surface area contributed by atoms with E-state index in [4.69, 9.17) is 4.74 Å². The Morgan fingerprint density at radius 1 is 1.37 bits per heavy atom. The van der Waals surface area contributed by atoms with E-state index >= 15 is 0 Å². The van der Waals surface area contributed by atoms with Crippen molar-refractivity contribution in [2.75, 3.05) is 17.2 Å². The largest absolute Gasteiger partial charge is 0.444 e. The van der Waals surface area contributed by atoms with Crippen molar-refractivity contribution >= 4 is 17.5 Å². The highest BCUT2D eigenvalue weighted by Gasteiger charge is 2.20. The Kier molecular flexibility index (Phi) is 3.69. The van der Waals surface area contributed by atoms with Crippen molar-refractivity contribution in [2.45, 2.75) is 46.1 Å². The minimum absolute atomic E-state index is 0.399. The average molecular weight is 262 g/mol. The first-order valence-corrected chi connectivity index (χ1v) is 6.73. The number of hydrogen-bond acceptors (Lipinski definition) is 3. The van der Waals surface area contributed by atoms with E-state index in [2.05, 4.69) is 17.6 Å². The molecule has 1 aliphatic heterocycles. The van der Waals surface area contributed by atoms with Crippen LogP contribution in [0.3, 0.4) is 0 Å². The minimum Gasteiger partial charge on any atom is -0.444 e. The number of amides is 1. The fraction of sp³-hybridized carbons (Fsp3) is 0.533. The monoisotopic (exact) mass is 262 g/mol. The van der Waals surface area contributed by atoms with Crippen LogP contribution >= 0.6 is 0 Å². The molecule has 0 atom stereocenters. The number of hydrogen-bond donors (Lipinski definition) is 2. The first-order chi connectivity index (χ1) is 8.87. The van der Waals surface area contributed by atoms with Gasteiger partial charge < -0.3 is 10.1 Å². The molecule has 1 amide bonds. The molecule has 0 aliphatic carbocycles. The van der Waals surface area contributed by atoms with E-state index < -0.39 is 11.7 Å². The van der Waals surface area contributed by atoms with Gasteiger partial charge in [-0.1, -0.05) is 6.07 Å². The molecule has 0 fully saturated rings. The minimum atomic E-state index is -0.479. The summed E-state index contributed by atoms with van der Waals surface area (Å²) in [4.78, 5) is 11.8. The van der Waals surface area contributed by atoms with Gasteiger partial charge in [0.25, 0.3) is 0 Å². The predicted molar refractivity (Wildman–Crippen MR) is 77.8 cm³/mol. The molecule has 1 aromatic carbocycles. The van der Waals surface area contributed by atoms with E-state index in [0.717, 1.165) is 30.8 Å². The maximum absolute atomic E-state index is 11.8. The van der Waals surface area contributed by atoms with Crippen molar-refractivity contribution in [2.24, 2.45) is 0 Å². The second kappa shape index (κ2) is 5.11. The van der Waals surface area contributed by atoms with Crippen LogP contribution in [0.1, 0.15) is 38.3 Å². The number of nitrogens with one attached hydrogen (secondary N) is 2. The quantitative estimate of drug-likeness (QED) is 0.811. The lowest BCUT2D eigenvalue weighted by Gasteiger charge is -2.24. The summed E-state index contributed by atoms with van der Waals surface area (Å²) in [5.74, 6) is 0. The molecule has 2 N–H and O–H groups in total. The molecule has 1 aromatic rings. The predicted octanol–water partition coefficient (Wildman–Crippen LogP) is 3.70. The van der Waals surface area contributed by atoms with Crippen LogP contribution in [0.4, 0.5) is 16.2 Å². The van der Waals surface area contributed by atoms with Crippen molar-refractivity contribution in [3.05, 3.63) is 23.3 Å². The van der Waals surface area contributed by atoms with Gasteiger partial charge in [0.15, 0.2) is 0 Å². The summed E-state index contributed by atoms with van der Waals surface area (Å²) >= 11 is 0. The number of anilines is 2. The molecule has 4 nitrogen and oxygen atoms in total. The van der Waals surface area contributed by atoms with Gasteiger partial charge in [0.2, 0.25) is 0 Å². The molecule has 0 bridgehead atoms. The zero-order chi connectivity index (χ0) is 14.0. The SMILES string of the molecule is Cc1ccc(NC(=O)OC(C)(C)C)c2c1NCCC2. The fourth-order valence-corrected chi connectivity index (χ4v) is 2.28. The van der Waals surface area contributed by atoms with Gasteiger partial charge in [0, 0.05) is 17.9 Å². The smallest absolute Gasteiger partial charge is 0.412 e. The first kappa shape index (κ1) is 13.7. The molecule has 19 heavy (non-hydrogen) atoms. The Labute approximate surface area is 114 Å². The van der Waals surface area contributed by atoms with Gasteiger partial charge in [0.1, 0.15) is 5.60 Å². The molecule has 1 aliphatic rings. The summed E-state index contributed by atoms with van der Waals surface area (Å²) in [6.45, 7) is 8.65. The lowest BCUT2D eigenvalue weighted by molar-refractivity contribution is 0.0636.